The second-order valence-electron chi connectivity index (χ2n) is 5.77. The molecule has 2 nitrogen and oxygen atoms in total. The first-order valence-corrected chi connectivity index (χ1v) is 7.10. The van der Waals surface area contributed by atoms with E-state index in [1.165, 1.54) is 45.3 Å². The summed E-state index contributed by atoms with van der Waals surface area (Å²) in [6, 6.07) is 1.42. The highest BCUT2D eigenvalue weighted by atomic mass is 15.1. The smallest absolute Gasteiger partial charge is 0.00790 e. The minimum atomic E-state index is 0.687. The number of nitrogens with one attached hydrogen (secondary N) is 1. The van der Waals surface area contributed by atoms with Crippen LogP contribution >= 0.6 is 0 Å². The second kappa shape index (κ2) is 7.29. The molecule has 0 aliphatic carbocycles. The Hall–Kier alpha value is -0.0800. The maximum absolute atomic E-state index is 3.73. The van der Waals surface area contributed by atoms with Gasteiger partial charge in [0.05, 0.1) is 0 Å². The molecule has 0 aromatic carbocycles. The Kier molecular flexibility index (Phi) is 6.37. The fourth-order valence-corrected chi connectivity index (χ4v) is 2.38. The highest BCUT2D eigenvalue weighted by molar-refractivity contribution is 4.77. The lowest BCUT2D eigenvalue weighted by molar-refractivity contribution is 0.204. The van der Waals surface area contributed by atoms with Crippen molar-refractivity contribution in [1.82, 2.24) is 10.2 Å². The van der Waals surface area contributed by atoms with Gasteiger partial charge >= 0.3 is 0 Å². The van der Waals surface area contributed by atoms with Crippen LogP contribution in [0.25, 0.3) is 0 Å². The molecule has 1 saturated heterocycles. The van der Waals surface area contributed by atoms with E-state index in [1.807, 2.05) is 0 Å². The molecule has 1 heterocycles. The SMILES string of the molecule is CCC1CCN(CCC(C)C)CCC(C)N1. The van der Waals surface area contributed by atoms with Crippen molar-refractivity contribution in [2.45, 2.75) is 65.5 Å². The summed E-state index contributed by atoms with van der Waals surface area (Å²) in [4.78, 5) is 2.67. The quantitative estimate of drug-likeness (QED) is 0.793. The molecule has 0 spiro atoms. The van der Waals surface area contributed by atoms with Crippen molar-refractivity contribution < 1.29 is 0 Å². The molecule has 2 atom stereocenters. The molecule has 0 aromatic heterocycles. The van der Waals surface area contributed by atoms with Crippen LogP contribution in [-0.4, -0.2) is 36.6 Å². The van der Waals surface area contributed by atoms with E-state index in [0.29, 0.717) is 6.04 Å². The molecular formula is C14H30N2. The van der Waals surface area contributed by atoms with Gasteiger partial charge in [-0.3, -0.25) is 0 Å². The Labute approximate surface area is 102 Å². The van der Waals surface area contributed by atoms with Crippen LogP contribution in [0.15, 0.2) is 0 Å². The van der Waals surface area contributed by atoms with Gasteiger partial charge in [-0.2, -0.15) is 0 Å². The molecule has 1 aliphatic rings. The van der Waals surface area contributed by atoms with Crippen molar-refractivity contribution in [2.24, 2.45) is 5.92 Å². The lowest BCUT2D eigenvalue weighted by atomic mass is 10.0. The third-order valence-corrected chi connectivity index (χ3v) is 3.71. The Morgan fingerprint density at radius 2 is 1.94 bits per heavy atom. The summed E-state index contributed by atoms with van der Waals surface area (Å²) in [5, 5.41) is 3.73. The highest BCUT2D eigenvalue weighted by Gasteiger charge is 2.17. The van der Waals surface area contributed by atoms with Crippen molar-refractivity contribution in [3.8, 4) is 0 Å². The van der Waals surface area contributed by atoms with Crippen LogP contribution < -0.4 is 5.32 Å². The van der Waals surface area contributed by atoms with Crippen LogP contribution in [0.5, 0.6) is 0 Å². The second-order valence-corrected chi connectivity index (χ2v) is 5.77. The minimum absolute atomic E-state index is 0.687. The first-order valence-electron chi connectivity index (χ1n) is 7.10. The van der Waals surface area contributed by atoms with Crippen molar-refractivity contribution in [2.75, 3.05) is 19.6 Å². The zero-order valence-corrected chi connectivity index (χ0v) is 11.6. The van der Waals surface area contributed by atoms with Crippen molar-refractivity contribution >= 4 is 0 Å². The predicted octanol–water partition coefficient (Wildman–Crippen LogP) is 2.89. The fourth-order valence-electron chi connectivity index (χ4n) is 2.38. The van der Waals surface area contributed by atoms with Crippen LogP contribution in [0.1, 0.15) is 53.4 Å². The summed E-state index contributed by atoms with van der Waals surface area (Å²) in [7, 11) is 0. The summed E-state index contributed by atoms with van der Waals surface area (Å²) in [6.45, 7) is 13.1. The normalized spacial score (nSPS) is 29.1. The van der Waals surface area contributed by atoms with Gasteiger partial charge in [0.1, 0.15) is 0 Å². The van der Waals surface area contributed by atoms with Gasteiger partial charge in [-0.1, -0.05) is 20.8 Å². The van der Waals surface area contributed by atoms with Crippen LogP contribution in [0.4, 0.5) is 0 Å². The van der Waals surface area contributed by atoms with Gasteiger partial charge in [0, 0.05) is 12.1 Å². The average molecular weight is 226 g/mol. The number of rotatable bonds is 4. The van der Waals surface area contributed by atoms with Crippen LogP contribution in [0, 0.1) is 5.92 Å². The van der Waals surface area contributed by atoms with E-state index in [-0.39, 0.29) is 0 Å². The van der Waals surface area contributed by atoms with Gasteiger partial charge in [0.25, 0.3) is 0 Å². The summed E-state index contributed by atoms with van der Waals surface area (Å²) in [6.07, 6.45) is 5.23. The summed E-state index contributed by atoms with van der Waals surface area (Å²) < 4.78 is 0. The van der Waals surface area contributed by atoms with E-state index in [4.69, 9.17) is 0 Å². The first kappa shape index (κ1) is 14.0. The molecule has 1 fully saturated rings. The molecule has 2 unspecified atom stereocenters. The monoisotopic (exact) mass is 226 g/mol. The third-order valence-electron chi connectivity index (χ3n) is 3.71. The minimum Gasteiger partial charge on any atom is -0.311 e. The molecule has 2 heteroatoms. The topological polar surface area (TPSA) is 15.3 Å². The van der Waals surface area contributed by atoms with E-state index in [1.54, 1.807) is 0 Å². The van der Waals surface area contributed by atoms with E-state index in [0.717, 1.165) is 12.0 Å². The predicted molar refractivity (Wildman–Crippen MR) is 71.8 cm³/mol. The fraction of sp³-hybridized carbons (Fsp3) is 1.00. The Morgan fingerprint density at radius 3 is 2.56 bits per heavy atom. The largest absolute Gasteiger partial charge is 0.311 e. The van der Waals surface area contributed by atoms with Crippen LogP contribution in [-0.2, 0) is 0 Å². The third kappa shape index (κ3) is 5.31. The zero-order valence-electron chi connectivity index (χ0n) is 11.6. The van der Waals surface area contributed by atoms with E-state index >= 15 is 0 Å². The van der Waals surface area contributed by atoms with Gasteiger partial charge in [0.15, 0.2) is 0 Å². The van der Waals surface area contributed by atoms with E-state index in [9.17, 15) is 0 Å². The Balaban J connectivity index is 2.35. The molecule has 0 aromatic rings. The lowest BCUT2D eigenvalue weighted by Crippen LogP contribution is -2.44. The number of nitrogens with zero attached hydrogens (tertiary/aromatic N) is 1. The molecule has 0 saturated carbocycles. The molecular weight excluding hydrogens is 196 g/mol. The van der Waals surface area contributed by atoms with E-state index < -0.39 is 0 Å². The van der Waals surface area contributed by atoms with E-state index in [2.05, 4.69) is 37.9 Å². The van der Waals surface area contributed by atoms with Gasteiger partial charge in [0.2, 0.25) is 0 Å². The standard InChI is InChI=1S/C14H30N2/c1-5-14-8-11-16(9-6-12(2)3)10-7-13(4)15-14/h12-15H,5-11H2,1-4H3. The van der Waals surface area contributed by atoms with Gasteiger partial charge in [-0.25, -0.2) is 0 Å². The molecule has 0 radical (unpaired) electrons. The summed E-state index contributed by atoms with van der Waals surface area (Å²) >= 11 is 0. The molecule has 0 bridgehead atoms. The number of hydrogen-bond acceptors (Lipinski definition) is 2. The highest BCUT2D eigenvalue weighted by Crippen LogP contribution is 2.11. The van der Waals surface area contributed by atoms with Crippen molar-refractivity contribution in [1.29, 1.82) is 0 Å². The van der Waals surface area contributed by atoms with Gasteiger partial charge < -0.3 is 10.2 Å². The molecule has 1 rings (SSSR count). The molecule has 96 valence electrons. The van der Waals surface area contributed by atoms with Gasteiger partial charge in [-0.05, 0) is 58.2 Å². The van der Waals surface area contributed by atoms with Crippen LogP contribution in [0.3, 0.4) is 0 Å². The Morgan fingerprint density at radius 1 is 1.25 bits per heavy atom. The molecule has 1 aliphatic heterocycles. The van der Waals surface area contributed by atoms with Crippen molar-refractivity contribution in [3.63, 3.8) is 0 Å². The molecule has 16 heavy (non-hydrogen) atoms. The molecule has 1 N–H and O–H groups in total. The van der Waals surface area contributed by atoms with Crippen molar-refractivity contribution in [3.05, 3.63) is 0 Å². The maximum Gasteiger partial charge on any atom is 0.00790 e. The number of hydrogen-bond donors (Lipinski definition) is 1. The lowest BCUT2D eigenvalue weighted by Gasteiger charge is -2.32. The molecule has 0 amide bonds. The van der Waals surface area contributed by atoms with Crippen LogP contribution in [0.2, 0.25) is 0 Å². The first-order chi connectivity index (χ1) is 7.61. The van der Waals surface area contributed by atoms with Gasteiger partial charge in [-0.15, -0.1) is 0 Å². The zero-order chi connectivity index (χ0) is 12.0. The average Bonchev–Trinajstić information content (AvgIpc) is 2.22. The summed E-state index contributed by atoms with van der Waals surface area (Å²) in [5.74, 6) is 0.836. The maximum atomic E-state index is 3.73. The summed E-state index contributed by atoms with van der Waals surface area (Å²) in [5.41, 5.74) is 0. The Bertz CT molecular complexity index is 178.